The number of aromatic nitrogens is 1. The van der Waals surface area contributed by atoms with E-state index in [9.17, 15) is 4.79 Å². The van der Waals surface area contributed by atoms with Gasteiger partial charge in [-0.1, -0.05) is 17.3 Å². The summed E-state index contributed by atoms with van der Waals surface area (Å²) >= 11 is 0. The molecule has 0 spiro atoms. The summed E-state index contributed by atoms with van der Waals surface area (Å²) in [5.74, 6) is 1.91. The second-order valence-electron chi connectivity index (χ2n) is 6.81. The Bertz CT molecular complexity index is 950. The van der Waals surface area contributed by atoms with Crippen LogP contribution in [0.2, 0.25) is 0 Å². The molecule has 0 bridgehead atoms. The minimum absolute atomic E-state index is 0.104. The van der Waals surface area contributed by atoms with Gasteiger partial charge < -0.3 is 25.0 Å². The number of rotatable bonds is 10. The smallest absolute Gasteiger partial charge is 0.227 e. The Kier molecular flexibility index (Phi) is 7.45. The van der Waals surface area contributed by atoms with Crippen LogP contribution in [-0.4, -0.2) is 38.4 Å². The van der Waals surface area contributed by atoms with Crippen molar-refractivity contribution in [3.8, 4) is 33.9 Å². The van der Waals surface area contributed by atoms with Gasteiger partial charge in [-0.05, 0) is 61.3 Å². The molecule has 0 aliphatic carbocycles. The van der Waals surface area contributed by atoms with E-state index in [1.807, 2.05) is 48.5 Å². The second kappa shape index (κ2) is 10.5. The van der Waals surface area contributed by atoms with Crippen LogP contribution in [0.1, 0.15) is 18.6 Å². The molecule has 0 fully saturated rings. The van der Waals surface area contributed by atoms with E-state index >= 15 is 0 Å². The molecule has 1 heterocycles. The number of hydrogen-bond donors (Lipinski definition) is 2. The third kappa shape index (κ3) is 5.18. The maximum Gasteiger partial charge on any atom is 0.227 e. The largest absolute Gasteiger partial charge is 0.497 e. The topological polar surface area (TPSA) is 99.6 Å². The molecule has 0 saturated carbocycles. The summed E-state index contributed by atoms with van der Waals surface area (Å²) in [6, 6.07) is 15.2. The Morgan fingerprint density at radius 1 is 0.967 bits per heavy atom. The van der Waals surface area contributed by atoms with Gasteiger partial charge in [0.2, 0.25) is 5.91 Å². The van der Waals surface area contributed by atoms with Gasteiger partial charge in [-0.3, -0.25) is 4.79 Å². The third-order valence-electron chi connectivity index (χ3n) is 4.78. The lowest BCUT2D eigenvalue weighted by Crippen LogP contribution is -2.26. The highest BCUT2D eigenvalue weighted by Crippen LogP contribution is 2.36. The number of unbranched alkanes of at least 4 members (excludes halogenated alkanes) is 1. The third-order valence-corrected chi connectivity index (χ3v) is 4.78. The lowest BCUT2D eigenvalue weighted by Gasteiger charge is -2.08. The number of methoxy groups -OCH3 is 2. The van der Waals surface area contributed by atoms with Crippen LogP contribution in [-0.2, 0) is 11.2 Å². The lowest BCUT2D eigenvalue weighted by atomic mass is 9.98. The van der Waals surface area contributed by atoms with E-state index in [4.69, 9.17) is 19.7 Å². The van der Waals surface area contributed by atoms with Crippen LogP contribution < -0.4 is 20.5 Å². The van der Waals surface area contributed by atoms with Crippen molar-refractivity contribution in [2.24, 2.45) is 5.73 Å². The maximum absolute atomic E-state index is 12.4. The van der Waals surface area contributed by atoms with Crippen molar-refractivity contribution < 1.29 is 18.8 Å². The predicted octanol–water partition coefficient (Wildman–Crippen LogP) is 3.42. The van der Waals surface area contributed by atoms with Gasteiger partial charge in [-0.15, -0.1) is 0 Å². The fraction of sp³-hybridized carbons (Fsp3) is 0.304. The van der Waals surface area contributed by atoms with E-state index < -0.39 is 0 Å². The summed E-state index contributed by atoms with van der Waals surface area (Å²) in [4.78, 5) is 12.4. The Morgan fingerprint density at radius 3 is 2.13 bits per heavy atom. The summed E-state index contributed by atoms with van der Waals surface area (Å²) in [5, 5.41) is 7.19. The van der Waals surface area contributed by atoms with Crippen molar-refractivity contribution in [2.45, 2.75) is 19.3 Å². The number of benzene rings is 2. The first-order valence-corrected chi connectivity index (χ1v) is 9.90. The van der Waals surface area contributed by atoms with Crippen molar-refractivity contribution in [2.75, 3.05) is 27.3 Å². The molecule has 0 radical (unpaired) electrons. The highest BCUT2D eigenvalue weighted by atomic mass is 16.5. The minimum atomic E-state index is -0.112. The van der Waals surface area contributed by atoms with Crippen molar-refractivity contribution in [1.82, 2.24) is 10.5 Å². The molecule has 3 rings (SSSR count). The minimum Gasteiger partial charge on any atom is -0.497 e. The number of carbonyl (C=O) groups excluding carboxylic acids is 1. The zero-order valence-electron chi connectivity index (χ0n) is 17.3. The van der Waals surface area contributed by atoms with Crippen LogP contribution in [0.15, 0.2) is 53.1 Å². The monoisotopic (exact) mass is 409 g/mol. The first-order chi connectivity index (χ1) is 14.7. The summed E-state index contributed by atoms with van der Waals surface area (Å²) < 4.78 is 16.1. The molecule has 0 unspecified atom stereocenters. The van der Waals surface area contributed by atoms with Gasteiger partial charge in [0, 0.05) is 12.1 Å². The Hall–Kier alpha value is -3.32. The van der Waals surface area contributed by atoms with E-state index in [0.29, 0.717) is 24.5 Å². The summed E-state index contributed by atoms with van der Waals surface area (Å²) in [7, 11) is 3.25. The van der Waals surface area contributed by atoms with Crippen LogP contribution in [0.25, 0.3) is 22.4 Å². The molecule has 0 atom stereocenters. The highest BCUT2D eigenvalue weighted by molar-refractivity contribution is 5.86. The van der Waals surface area contributed by atoms with E-state index in [1.54, 1.807) is 14.2 Å². The average molecular weight is 409 g/mol. The van der Waals surface area contributed by atoms with Gasteiger partial charge >= 0.3 is 0 Å². The quantitative estimate of drug-likeness (QED) is 0.498. The lowest BCUT2D eigenvalue weighted by molar-refractivity contribution is -0.120. The first kappa shape index (κ1) is 21.4. The van der Waals surface area contributed by atoms with Crippen molar-refractivity contribution in [3.63, 3.8) is 0 Å². The standard InChI is InChI=1S/C23H27N3O4/c1-28-18-9-5-16(6-10-18)22-20(15-21(27)25-14-4-3-13-24)30-26-23(22)17-7-11-19(29-2)12-8-17/h5-12H,3-4,13-15,24H2,1-2H3,(H,25,27). The van der Waals surface area contributed by atoms with Gasteiger partial charge in [0.1, 0.15) is 17.2 Å². The molecule has 3 N–H and O–H groups in total. The molecule has 30 heavy (non-hydrogen) atoms. The molecule has 158 valence electrons. The van der Waals surface area contributed by atoms with Gasteiger partial charge in [0.15, 0.2) is 5.76 Å². The highest BCUT2D eigenvalue weighted by Gasteiger charge is 2.21. The summed E-state index contributed by atoms with van der Waals surface area (Å²) in [5.41, 5.74) is 8.74. The molecule has 7 heteroatoms. The zero-order valence-corrected chi connectivity index (χ0v) is 17.3. The number of nitrogens with zero attached hydrogens (tertiary/aromatic N) is 1. The number of ether oxygens (including phenoxy) is 2. The molecule has 3 aromatic rings. The normalized spacial score (nSPS) is 10.6. The molecule has 7 nitrogen and oxygen atoms in total. The van der Waals surface area contributed by atoms with Crippen molar-refractivity contribution in [1.29, 1.82) is 0 Å². The Morgan fingerprint density at radius 2 is 1.57 bits per heavy atom. The summed E-state index contributed by atoms with van der Waals surface area (Å²) in [6.07, 6.45) is 1.83. The Labute approximate surface area is 176 Å². The van der Waals surface area contributed by atoms with Crippen LogP contribution in [0, 0.1) is 0 Å². The molecule has 0 aliphatic rings. The number of nitrogens with one attached hydrogen (secondary N) is 1. The van der Waals surface area contributed by atoms with E-state index in [-0.39, 0.29) is 12.3 Å². The van der Waals surface area contributed by atoms with Gasteiger partial charge in [0.25, 0.3) is 0 Å². The first-order valence-electron chi connectivity index (χ1n) is 9.90. The number of nitrogens with two attached hydrogens (primary N) is 1. The molecule has 0 aliphatic heterocycles. The van der Waals surface area contributed by atoms with E-state index in [1.165, 1.54) is 0 Å². The van der Waals surface area contributed by atoms with Crippen LogP contribution in [0.3, 0.4) is 0 Å². The van der Waals surface area contributed by atoms with Crippen LogP contribution in [0.4, 0.5) is 0 Å². The molecule has 1 aromatic heterocycles. The average Bonchev–Trinajstić information content (AvgIpc) is 3.20. The molecular weight excluding hydrogens is 382 g/mol. The van der Waals surface area contributed by atoms with Crippen LogP contribution >= 0.6 is 0 Å². The van der Waals surface area contributed by atoms with Gasteiger partial charge in [0.05, 0.1) is 26.2 Å². The summed E-state index contributed by atoms with van der Waals surface area (Å²) in [6.45, 7) is 1.21. The number of amides is 1. The number of carbonyl (C=O) groups is 1. The van der Waals surface area contributed by atoms with Gasteiger partial charge in [-0.2, -0.15) is 0 Å². The van der Waals surface area contributed by atoms with Gasteiger partial charge in [-0.25, -0.2) is 0 Å². The maximum atomic E-state index is 12.4. The van der Waals surface area contributed by atoms with Crippen LogP contribution in [0.5, 0.6) is 11.5 Å². The van der Waals surface area contributed by atoms with Crippen molar-refractivity contribution in [3.05, 3.63) is 54.3 Å². The molecule has 2 aromatic carbocycles. The second-order valence-corrected chi connectivity index (χ2v) is 6.81. The Balaban J connectivity index is 1.91. The van der Waals surface area contributed by atoms with Crippen molar-refractivity contribution >= 4 is 5.91 Å². The fourth-order valence-electron chi connectivity index (χ4n) is 3.15. The SMILES string of the molecule is COc1ccc(-c2noc(CC(=O)NCCCCN)c2-c2ccc(OC)cc2)cc1. The predicted molar refractivity (Wildman–Crippen MR) is 115 cm³/mol. The molecular formula is C23H27N3O4. The number of hydrogen-bond acceptors (Lipinski definition) is 6. The zero-order chi connectivity index (χ0) is 21.3. The van der Waals surface area contributed by atoms with E-state index in [2.05, 4.69) is 10.5 Å². The molecule has 1 amide bonds. The molecule has 0 saturated heterocycles. The van der Waals surface area contributed by atoms with E-state index in [0.717, 1.165) is 41.0 Å². The fourth-order valence-corrected chi connectivity index (χ4v) is 3.15.